The average molecular weight is 340 g/mol. The van der Waals surface area contributed by atoms with Crippen molar-refractivity contribution in [3.05, 3.63) is 70.0 Å². The van der Waals surface area contributed by atoms with Gasteiger partial charge in [-0.15, -0.1) is 0 Å². The van der Waals surface area contributed by atoms with E-state index < -0.39 is 16.6 Å². The number of rotatable bonds is 4. The Morgan fingerprint density at radius 1 is 1.36 bits per heavy atom. The van der Waals surface area contributed by atoms with Crippen molar-refractivity contribution in [2.45, 2.75) is 25.5 Å². The molecule has 128 valence electrons. The maximum Gasteiger partial charge on any atom is 0.269 e. The third-order valence-electron chi connectivity index (χ3n) is 3.99. The van der Waals surface area contributed by atoms with E-state index in [1.54, 1.807) is 25.3 Å². The summed E-state index contributed by atoms with van der Waals surface area (Å²) in [6.07, 6.45) is 3.25. The summed E-state index contributed by atoms with van der Waals surface area (Å²) in [5, 5.41) is 27.0. The number of nitrogens with zero attached hydrogens (tertiary/aromatic N) is 4. The van der Waals surface area contributed by atoms with Crippen molar-refractivity contribution < 1.29 is 14.8 Å². The van der Waals surface area contributed by atoms with Crippen molar-refractivity contribution in [3.8, 4) is 0 Å². The fourth-order valence-corrected chi connectivity index (χ4v) is 2.79. The Morgan fingerprint density at radius 2 is 2.08 bits per heavy atom. The Labute approximate surface area is 143 Å². The molecule has 0 radical (unpaired) electrons. The van der Waals surface area contributed by atoms with Gasteiger partial charge in [0, 0.05) is 42.2 Å². The molecule has 3 rings (SSSR count). The predicted molar refractivity (Wildman–Crippen MR) is 89.5 cm³/mol. The van der Waals surface area contributed by atoms with Crippen molar-refractivity contribution in [1.82, 2.24) is 9.99 Å². The lowest BCUT2D eigenvalue weighted by molar-refractivity contribution is -0.384. The highest BCUT2D eigenvalue weighted by molar-refractivity contribution is 5.89. The molecule has 0 fully saturated rings. The molecule has 0 unspecified atom stereocenters. The normalized spacial score (nSPS) is 19.6. The molecule has 2 heterocycles. The number of nitro groups is 1. The van der Waals surface area contributed by atoms with Crippen LogP contribution in [0.5, 0.6) is 0 Å². The highest BCUT2D eigenvalue weighted by atomic mass is 16.6. The fraction of sp³-hybridized carbons (Fsp3) is 0.235. The van der Waals surface area contributed by atoms with Gasteiger partial charge in [-0.1, -0.05) is 18.2 Å². The van der Waals surface area contributed by atoms with Crippen molar-refractivity contribution in [1.29, 1.82) is 0 Å². The number of carbonyl (C=O) groups excluding carboxylic acids is 1. The van der Waals surface area contributed by atoms with Crippen molar-refractivity contribution in [3.63, 3.8) is 0 Å². The lowest BCUT2D eigenvalue weighted by atomic mass is 9.99. The first-order chi connectivity index (χ1) is 11.9. The van der Waals surface area contributed by atoms with Gasteiger partial charge in [-0.25, -0.2) is 0 Å². The molecule has 1 aromatic heterocycles. The number of non-ortho nitro benzene ring substituents is 1. The van der Waals surface area contributed by atoms with Gasteiger partial charge in [0.1, 0.15) is 0 Å². The molecule has 1 N–H and O–H groups in total. The predicted octanol–water partition coefficient (Wildman–Crippen LogP) is 1.99. The van der Waals surface area contributed by atoms with E-state index >= 15 is 0 Å². The standard InChI is InChI=1S/C17H16N4O4/c1-12-10-17(23,14-3-2-8-18-11-14)20(19-12)16(22)9-13-4-6-15(7-5-13)21(24)25/h2-8,11,23H,9-10H2,1H3/t17-/m1/s1. The Bertz CT molecular complexity index is 835. The number of benzene rings is 1. The van der Waals surface area contributed by atoms with Crippen LogP contribution in [0.25, 0.3) is 0 Å². The lowest BCUT2D eigenvalue weighted by Gasteiger charge is -2.31. The maximum absolute atomic E-state index is 12.7. The third kappa shape index (κ3) is 3.24. The molecule has 2 aromatic rings. The van der Waals surface area contributed by atoms with Crippen molar-refractivity contribution in [2.24, 2.45) is 5.10 Å². The molecule has 8 heteroatoms. The van der Waals surface area contributed by atoms with E-state index in [0.717, 1.165) is 5.01 Å². The van der Waals surface area contributed by atoms with Gasteiger partial charge in [-0.05, 0) is 18.6 Å². The Hall–Kier alpha value is -3.13. The summed E-state index contributed by atoms with van der Waals surface area (Å²) in [6, 6.07) is 9.09. The highest BCUT2D eigenvalue weighted by Gasteiger charge is 2.44. The Balaban J connectivity index is 1.83. The van der Waals surface area contributed by atoms with Gasteiger partial charge in [0.15, 0.2) is 5.72 Å². The molecule has 25 heavy (non-hydrogen) atoms. The lowest BCUT2D eigenvalue weighted by Crippen LogP contribution is -2.44. The molecular weight excluding hydrogens is 324 g/mol. The number of aliphatic hydroxyl groups is 1. The van der Waals surface area contributed by atoms with Crippen molar-refractivity contribution in [2.75, 3.05) is 0 Å². The number of nitro benzene ring substituents is 1. The summed E-state index contributed by atoms with van der Waals surface area (Å²) in [7, 11) is 0. The molecule has 0 saturated heterocycles. The maximum atomic E-state index is 12.7. The summed E-state index contributed by atoms with van der Waals surface area (Å²) >= 11 is 0. The van der Waals surface area contributed by atoms with Gasteiger partial charge < -0.3 is 5.11 Å². The van der Waals surface area contributed by atoms with E-state index in [1.165, 1.54) is 30.5 Å². The molecule has 8 nitrogen and oxygen atoms in total. The minimum atomic E-state index is -1.57. The van der Waals surface area contributed by atoms with E-state index in [4.69, 9.17) is 0 Å². The Kier molecular flexibility index (Phi) is 4.28. The molecule has 1 aliphatic rings. The zero-order valence-corrected chi connectivity index (χ0v) is 13.5. The molecule has 0 bridgehead atoms. The molecule has 1 aromatic carbocycles. The summed E-state index contributed by atoms with van der Waals surface area (Å²) in [4.78, 5) is 26.9. The van der Waals surface area contributed by atoms with E-state index in [-0.39, 0.29) is 18.5 Å². The second-order valence-corrected chi connectivity index (χ2v) is 5.88. The van der Waals surface area contributed by atoms with Gasteiger partial charge in [0.25, 0.3) is 5.69 Å². The number of hydrazone groups is 1. The summed E-state index contributed by atoms with van der Waals surface area (Å²) in [5.41, 5.74) is 0.0916. The first-order valence-electron chi connectivity index (χ1n) is 7.63. The fourth-order valence-electron chi connectivity index (χ4n) is 2.79. The first kappa shape index (κ1) is 16.7. The van der Waals surface area contributed by atoms with E-state index in [9.17, 15) is 20.0 Å². The zero-order chi connectivity index (χ0) is 18.0. The van der Waals surface area contributed by atoms with Gasteiger partial charge in [0.05, 0.1) is 11.3 Å². The number of pyridine rings is 1. The third-order valence-corrected chi connectivity index (χ3v) is 3.99. The molecule has 0 aliphatic carbocycles. The average Bonchev–Trinajstić information content (AvgIpc) is 2.92. The molecule has 0 spiro atoms. The number of amides is 1. The largest absolute Gasteiger partial charge is 0.365 e. The van der Waals surface area contributed by atoms with E-state index in [2.05, 4.69) is 10.1 Å². The van der Waals surface area contributed by atoms with E-state index in [1.807, 2.05) is 0 Å². The van der Waals surface area contributed by atoms with Crippen LogP contribution in [0.1, 0.15) is 24.5 Å². The van der Waals surface area contributed by atoms with E-state index in [0.29, 0.717) is 16.8 Å². The van der Waals surface area contributed by atoms with Gasteiger partial charge in [-0.3, -0.25) is 19.9 Å². The Morgan fingerprint density at radius 3 is 2.68 bits per heavy atom. The zero-order valence-electron chi connectivity index (χ0n) is 13.5. The summed E-state index contributed by atoms with van der Waals surface area (Å²) in [6.45, 7) is 1.74. The van der Waals surface area contributed by atoms with Crippen LogP contribution >= 0.6 is 0 Å². The second-order valence-electron chi connectivity index (χ2n) is 5.88. The van der Waals surface area contributed by atoms with Crippen molar-refractivity contribution >= 4 is 17.3 Å². The summed E-state index contributed by atoms with van der Waals surface area (Å²) < 4.78 is 0. The minimum absolute atomic E-state index is 0.0304. The smallest absolute Gasteiger partial charge is 0.269 e. The molecule has 0 saturated carbocycles. The monoisotopic (exact) mass is 340 g/mol. The number of carbonyl (C=O) groups is 1. The van der Waals surface area contributed by atoms with Crippen LogP contribution in [0.15, 0.2) is 53.9 Å². The van der Waals surface area contributed by atoms with Gasteiger partial charge in [0.2, 0.25) is 5.91 Å². The first-order valence-corrected chi connectivity index (χ1v) is 7.63. The second kappa shape index (κ2) is 6.40. The van der Waals surface area contributed by atoms with Crippen LogP contribution in [0.3, 0.4) is 0 Å². The minimum Gasteiger partial charge on any atom is -0.365 e. The SMILES string of the molecule is CC1=NN(C(=O)Cc2ccc([N+](=O)[O-])cc2)[C@](O)(c2cccnc2)C1. The quantitative estimate of drug-likeness (QED) is 0.676. The topological polar surface area (TPSA) is 109 Å². The molecule has 1 amide bonds. The van der Waals surface area contributed by atoms with Crippen LogP contribution in [-0.2, 0) is 16.9 Å². The van der Waals surface area contributed by atoms with Gasteiger partial charge in [-0.2, -0.15) is 10.1 Å². The molecule has 1 aliphatic heterocycles. The highest BCUT2D eigenvalue weighted by Crippen LogP contribution is 2.35. The van der Waals surface area contributed by atoms with Crippen LogP contribution in [0.4, 0.5) is 5.69 Å². The van der Waals surface area contributed by atoms with Crippen LogP contribution in [0, 0.1) is 10.1 Å². The van der Waals surface area contributed by atoms with Crippen LogP contribution in [-0.4, -0.2) is 31.6 Å². The molecular formula is C17H16N4O4. The molecule has 1 atom stereocenters. The number of aromatic nitrogens is 1. The number of hydrogen-bond acceptors (Lipinski definition) is 6. The summed E-state index contributed by atoms with van der Waals surface area (Å²) in [5.74, 6) is -0.406. The van der Waals surface area contributed by atoms with Gasteiger partial charge >= 0.3 is 0 Å². The van der Waals surface area contributed by atoms with Crippen LogP contribution in [0.2, 0.25) is 0 Å². The van der Waals surface area contributed by atoms with Crippen LogP contribution < -0.4 is 0 Å². The number of hydrogen-bond donors (Lipinski definition) is 1.